The van der Waals surface area contributed by atoms with Crippen molar-refractivity contribution in [1.29, 1.82) is 0 Å². The molecule has 0 bridgehead atoms. The molecule has 43 heavy (non-hydrogen) atoms. The number of thiocarbonyl (C=S) groups is 1. The topological polar surface area (TPSA) is 186 Å². The second kappa shape index (κ2) is 19.3. The number of rotatable bonds is 14. The van der Waals surface area contributed by atoms with Crippen LogP contribution in [0.1, 0.15) is 12.0 Å². The average molecular weight is 643 g/mol. The Morgan fingerprint density at radius 2 is 1.19 bits per heavy atom. The monoisotopic (exact) mass is 642 g/mol. The van der Waals surface area contributed by atoms with Gasteiger partial charge in [0.25, 0.3) is 0 Å². The predicted octanol–water partition coefficient (Wildman–Crippen LogP) is 0.155. The highest BCUT2D eigenvalue weighted by Crippen LogP contribution is 2.13. The third-order valence-electron chi connectivity index (χ3n) is 6.84. The van der Waals surface area contributed by atoms with Crippen molar-refractivity contribution >= 4 is 58.7 Å². The van der Waals surface area contributed by atoms with Crippen LogP contribution in [0.5, 0.6) is 0 Å². The van der Waals surface area contributed by atoms with Gasteiger partial charge in [-0.2, -0.15) is 11.8 Å². The highest BCUT2D eigenvalue weighted by Gasteiger charge is 2.21. The number of carbonyl (C=O) groups is 4. The first kappa shape index (κ1) is 36.2. The van der Waals surface area contributed by atoms with E-state index in [-0.39, 0.29) is 24.7 Å². The molecular formula is C27H42N6O8S2. The standard InChI is InChI=1S/C27H42N6O8S2/c1-43-15-6-22(26(40)41)29-27(42)28-21-4-2-20(3-5-21)16-30-7-9-31(17-23(34)35)11-13-33(19-25(38)39)14-12-32(10-8-30)18-24(36)37/h2-5,22H,6-19H2,1H3,(H,34,35)(H,36,37)(H,38,39)(H,40,41)(H2,28,29,42). The molecule has 1 atom stereocenters. The normalized spacial score (nSPS) is 17.2. The van der Waals surface area contributed by atoms with E-state index in [1.54, 1.807) is 26.5 Å². The lowest BCUT2D eigenvalue weighted by molar-refractivity contribution is -0.140. The fourth-order valence-electron chi connectivity index (χ4n) is 4.56. The summed E-state index contributed by atoms with van der Waals surface area (Å²) in [5.41, 5.74) is 1.66. The predicted molar refractivity (Wildman–Crippen MR) is 168 cm³/mol. The Bertz CT molecular complexity index is 1050. The minimum absolute atomic E-state index is 0.172. The fraction of sp³-hybridized carbons (Fsp3) is 0.593. The zero-order chi connectivity index (χ0) is 31.8. The van der Waals surface area contributed by atoms with Gasteiger partial charge in [0.15, 0.2) is 5.11 Å². The molecule has 16 heteroatoms. The van der Waals surface area contributed by atoms with Crippen LogP contribution in [0, 0.1) is 0 Å². The van der Waals surface area contributed by atoms with Gasteiger partial charge in [0.2, 0.25) is 0 Å². The molecule has 1 aliphatic rings. The van der Waals surface area contributed by atoms with E-state index in [0.29, 0.717) is 76.8 Å². The minimum atomic E-state index is -0.997. The van der Waals surface area contributed by atoms with E-state index in [1.807, 2.05) is 30.5 Å². The second-order valence-electron chi connectivity index (χ2n) is 10.3. The van der Waals surface area contributed by atoms with Crippen LogP contribution in [0.25, 0.3) is 0 Å². The van der Waals surface area contributed by atoms with Gasteiger partial charge in [-0.15, -0.1) is 0 Å². The summed E-state index contributed by atoms with van der Waals surface area (Å²) >= 11 is 6.86. The zero-order valence-electron chi connectivity index (χ0n) is 24.3. The van der Waals surface area contributed by atoms with Crippen molar-refractivity contribution in [3.8, 4) is 0 Å². The second-order valence-corrected chi connectivity index (χ2v) is 11.6. The lowest BCUT2D eigenvalue weighted by Gasteiger charge is -2.33. The molecule has 1 aromatic rings. The molecule has 0 spiro atoms. The molecule has 1 saturated heterocycles. The highest BCUT2D eigenvalue weighted by atomic mass is 32.2. The molecule has 0 amide bonds. The number of carboxylic acids is 4. The molecular weight excluding hydrogens is 600 g/mol. The van der Waals surface area contributed by atoms with E-state index < -0.39 is 29.9 Å². The number of carboxylic acid groups (broad SMARTS) is 4. The lowest BCUT2D eigenvalue weighted by atomic mass is 10.2. The number of anilines is 1. The molecule has 1 heterocycles. The van der Waals surface area contributed by atoms with Crippen molar-refractivity contribution < 1.29 is 39.6 Å². The van der Waals surface area contributed by atoms with Gasteiger partial charge in [-0.1, -0.05) is 12.1 Å². The summed E-state index contributed by atoms with van der Waals surface area (Å²) in [5, 5.41) is 43.6. The van der Waals surface area contributed by atoms with Crippen LogP contribution in [0.15, 0.2) is 24.3 Å². The van der Waals surface area contributed by atoms with Gasteiger partial charge in [0.05, 0.1) is 19.6 Å². The Hall–Kier alpha value is -3.02. The van der Waals surface area contributed by atoms with Crippen LogP contribution < -0.4 is 10.6 Å². The Morgan fingerprint density at radius 1 is 0.767 bits per heavy atom. The van der Waals surface area contributed by atoms with E-state index >= 15 is 0 Å². The minimum Gasteiger partial charge on any atom is -0.480 e. The summed E-state index contributed by atoms with van der Waals surface area (Å²) in [6, 6.07) is 6.71. The first-order valence-electron chi connectivity index (χ1n) is 13.9. The number of nitrogens with one attached hydrogen (secondary N) is 2. The van der Waals surface area contributed by atoms with Crippen molar-refractivity contribution in [3.63, 3.8) is 0 Å². The maximum absolute atomic E-state index is 11.5. The van der Waals surface area contributed by atoms with Crippen LogP contribution in [0.2, 0.25) is 0 Å². The molecule has 2 rings (SSSR count). The zero-order valence-corrected chi connectivity index (χ0v) is 25.9. The summed E-state index contributed by atoms with van der Waals surface area (Å²) in [7, 11) is 0. The summed E-state index contributed by atoms with van der Waals surface area (Å²) < 4.78 is 0. The highest BCUT2D eigenvalue weighted by molar-refractivity contribution is 7.98. The number of hydrogen-bond acceptors (Lipinski definition) is 10. The molecule has 14 nitrogen and oxygen atoms in total. The van der Waals surface area contributed by atoms with Crippen LogP contribution in [-0.2, 0) is 25.7 Å². The third-order valence-corrected chi connectivity index (χ3v) is 7.70. The number of thioether (sulfide) groups is 1. The summed E-state index contributed by atoms with van der Waals surface area (Å²) in [6.45, 7) is 3.31. The molecule has 240 valence electrons. The van der Waals surface area contributed by atoms with Crippen LogP contribution >= 0.6 is 24.0 Å². The van der Waals surface area contributed by atoms with Crippen LogP contribution in [-0.4, -0.2) is 159 Å². The van der Waals surface area contributed by atoms with Crippen LogP contribution in [0.3, 0.4) is 0 Å². The molecule has 1 unspecified atom stereocenters. The Labute approximate surface area is 261 Å². The maximum Gasteiger partial charge on any atom is 0.326 e. The largest absolute Gasteiger partial charge is 0.480 e. The molecule has 1 aromatic carbocycles. The quantitative estimate of drug-likeness (QED) is 0.151. The van der Waals surface area contributed by atoms with Crippen LogP contribution in [0.4, 0.5) is 5.69 Å². The van der Waals surface area contributed by atoms with Crippen molar-refractivity contribution in [2.75, 3.05) is 89.3 Å². The molecule has 6 N–H and O–H groups in total. The summed E-state index contributed by atoms with van der Waals surface area (Å²) in [4.78, 5) is 53.2. The van der Waals surface area contributed by atoms with Gasteiger partial charge in [0, 0.05) is 64.6 Å². The molecule has 0 radical (unpaired) electrons. The lowest BCUT2D eigenvalue weighted by Crippen LogP contribution is -2.48. The van der Waals surface area contributed by atoms with Gasteiger partial charge in [0.1, 0.15) is 6.04 Å². The molecule has 0 aliphatic carbocycles. The molecule has 1 aliphatic heterocycles. The third kappa shape index (κ3) is 15.3. The van der Waals surface area contributed by atoms with Gasteiger partial charge in [-0.25, -0.2) is 4.79 Å². The van der Waals surface area contributed by atoms with E-state index in [9.17, 15) is 39.6 Å². The first-order chi connectivity index (χ1) is 20.4. The summed E-state index contributed by atoms with van der Waals surface area (Å²) in [6.07, 6.45) is 2.34. The maximum atomic E-state index is 11.5. The Kier molecular flexibility index (Phi) is 16.2. The Morgan fingerprint density at radius 3 is 1.56 bits per heavy atom. The number of nitrogens with zero attached hydrogens (tertiary/aromatic N) is 4. The first-order valence-corrected chi connectivity index (χ1v) is 15.7. The van der Waals surface area contributed by atoms with Crippen molar-refractivity contribution in [2.45, 2.75) is 19.0 Å². The Balaban J connectivity index is 2.10. The van der Waals surface area contributed by atoms with E-state index in [2.05, 4.69) is 15.5 Å². The van der Waals surface area contributed by atoms with E-state index in [1.165, 1.54) is 0 Å². The SMILES string of the molecule is CSCCC(NC(=S)Nc1ccc(CN2CCN(CC(=O)O)CCN(CC(=O)O)CCN(CC(=O)O)CC2)cc1)C(=O)O. The smallest absolute Gasteiger partial charge is 0.326 e. The summed E-state index contributed by atoms with van der Waals surface area (Å²) in [5.74, 6) is -3.22. The van der Waals surface area contributed by atoms with Gasteiger partial charge < -0.3 is 31.1 Å². The molecule has 0 aromatic heterocycles. The average Bonchev–Trinajstić information content (AvgIpc) is 2.92. The van der Waals surface area contributed by atoms with E-state index in [0.717, 1.165) is 5.56 Å². The number of hydrogen-bond donors (Lipinski definition) is 6. The van der Waals surface area contributed by atoms with Gasteiger partial charge in [-0.3, -0.25) is 34.0 Å². The van der Waals surface area contributed by atoms with E-state index in [4.69, 9.17) is 12.2 Å². The number of aliphatic carboxylic acids is 4. The number of benzene rings is 1. The van der Waals surface area contributed by atoms with Crippen molar-refractivity contribution in [3.05, 3.63) is 29.8 Å². The molecule has 1 fully saturated rings. The fourth-order valence-corrected chi connectivity index (χ4v) is 5.29. The van der Waals surface area contributed by atoms with Crippen molar-refractivity contribution in [1.82, 2.24) is 24.9 Å². The molecule has 0 saturated carbocycles. The van der Waals surface area contributed by atoms with Gasteiger partial charge in [-0.05, 0) is 48.3 Å². The van der Waals surface area contributed by atoms with Crippen molar-refractivity contribution in [2.24, 2.45) is 0 Å². The van der Waals surface area contributed by atoms with Gasteiger partial charge >= 0.3 is 23.9 Å².